The van der Waals surface area contributed by atoms with Crippen LogP contribution in [-0.4, -0.2) is 24.4 Å². The van der Waals surface area contributed by atoms with Gasteiger partial charge in [0, 0.05) is 22.7 Å². The van der Waals surface area contributed by atoms with Crippen LogP contribution in [0.1, 0.15) is 41.0 Å². The Morgan fingerprint density at radius 2 is 1.85 bits per heavy atom. The summed E-state index contributed by atoms with van der Waals surface area (Å²) in [6.07, 6.45) is 0.813. The fourth-order valence-corrected chi connectivity index (χ4v) is 5.24. The van der Waals surface area contributed by atoms with Crippen molar-refractivity contribution in [2.75, 3.05) is 16.8 Å². The van der Waals surface area contributed by atoms with E-state index in [9.17, 15) is 14.4 Å². The van der Waals surface area contributed by atoms with E-state index in [1.165, 1.54) is 11.3 Å². The van der Waals surface area contributed by atoms with Crippen molar-refractivity contribution in [3.05, 3.63) is 81.5 Å². The van der Waals surface area contributed by atoms with Crippen LogP contribution < -0.4 is 10.2 Å². The quantitative estimate of drug-likeness (QED) is 0.476. The monoisotopic (exact) mass is 476 g/mol. The van der Waals surface area contributed by atoms with Gasteiger partial charge >= 0.3 is 5.97 Å². The smallest absolute Gasteiger partial charge is 0.312 e. The molecule has 1 saturated heterocycles. The van der Waals surface area contributed by atoms with Crippen molar-refractivity contribution in [1.82, 2.24) is 0 Å². The van der Waals surface area contributed by atoms with Gasteiger partial charge in [0.2, 0.25) is 5.91 Å². The van der Waals surface area contributed by atoms with Crippen molar-refractivity contribution in [1.29, 1.82) is 0 Å². The number of nitrogens with zero attached hydrogens (tertiary/aromatic N) is 1. The lowest BCUT2D eigenvalue weighted by atomic mass is 9.99. The molecule has 34 heavy (non-hydrogen) atoms. The van der Waals surface area contributed by atoms with Gasteiger partial charge in [-0.05, 0) is 55.0 Å². The van der Waals surface area contributed by atoms with E-state index in [2.05, 4.69) is 5.32 Å². The van der Waals surface area contributed by atoms with Crippen molar-refractivity contribution >= 4 is 40.5 Å². The number of hydrogen-bond acceptors (Lipinski definition) is 5. The highest BCUT2D eigenvalue weighted by Crippen LogP contribution is 2.43. The van der Waals surface area contributed by atoms with E-state index in [1.54, 1.807) is 4.90 Å². The number of para-hydroxylation sites is 1. The van der Waals surface area contributed by atoms with Crippen LogP contribution >= 0.6 is 11.3 Å². The Hall–Kier alpha value is -3.45. The first kappa shape index (κ1) is 23.7. The minimum Gasteiger partial charge on any atom is -0.455 e. The minimum absolute atomic E-state index is 0.0364. The van der Waals surface area contributed by atoms with Crippen LogP contribution in [0.3, 0.4) is 0 Å². The molecule has 1 aromatic heterocycles. The van der Waals surface area contributed by atoms with E-state index >= 15 is 0 Å². The molecule has 1 fully saturated rings. The summed E-state index contributed by atoms with van der Waals surface area (Å²) in [7, 11) is 0. The van der Waals surface area contributed by atoms with Gasteiger partial charge in [-0.25, -0.2) is 0 Å². The standard InChI is InChI=1S/C27H28N2O4S/c1-4-19-8-5-7-18(3)25(19)28-23(30)16-33-27(32)21-15-24(31)29(20-12-10-17(2)11-13-20)26(21)22-9-6-14-34-22/h5-14,21,26H,4,15-16H2,1-3H3,(H,28,30). The Morgan fingerprint density at radius 3 is 2.53 bits per heavy atom. The number of thiophene rings is 1. The summed E-state index contributed by atoms with van der Waals surface area (Å²) in [4.78, 5) is 41.3. The fourth-order valence-electron chi connectivity index (χ4n) is 4.36. The van der Waals surface area contributed by atoms with E-state index in [4.69, 9.17) is 4.74 Å². The van der Waals surface area contributed by atoms with Crippen LogP contribution in [0.4, 0.5) is 11.4 Å². The molecule has 2 aromatic carbocycles. The zero-order chi connectivity index (χ0) is 24.2. The Bertz CT molecular complexity index is 1190. The number of carbonyl (C=O) groups is 3. The molecular weight excluding hydrogens is 448 g/mol. The minimum atomic E-state index is -0.690. The molecule has 3 aromatic rings. The highest BCUT2D eigenvalue weighted by Gasteiger charge is 2.46. The first-order valence-corrected chi connectivity index (χ1v) is 12.2. The van der Waals surface area contributed by atoms with Gasteiger partial charge in [0.15, 0.2) is 6.61 Å². The van der Waals surface area contributed by atoms with E-state index in [1.807, 2.05) is 80.7 Å². The lowest BCUT2D eigenvalue weighted by molar-refractivity contribution is -0.152. The summed E-state index contributed by atoms with van der Waals surface area (Å²) in [6, 6.07) is 16.9. The predicted octanol–water partition coefficient (Wildman–Crippen LogP) is 5.20. The molecule has 2 unspecified atom stereocenters. The van der Waals surface area contributed by atoms with Crippen LogP contribution in [-0.2, 0) is 25.5 Å². The average Bonchev–Trinajstić information content (AvgIpc) is 3.47. The number of amides is 2. The predicted molar refractivity (Wildman–Crippen MR) is 134 cm³/mol. The molecule has 0 aliphatic carbocycles. The second-order valence-electron chi connectivity index (χ2n) is 8.49. The normalized spacial score (nSPS) is 17.6. The average molecular weight is 477 g/mol. The summed E-state index contributed by atoms with van der Waals surface area (Å²) in [5.74, 6) is -1.77. The van der Waals surface area contributed by atoms with E-state index in [0.29, 0.717) is 0 Å². The first-order valence-electron chi connectivity index (χ1n) is 11.4. The molecule has 1 N–H and O–H groups in total. The van der Waals surface area contributed by atoms with Gasteiger partial charge in [0.1, 0.15) is 0 Å². The number of carbonyl (C=O) groups excluding carboxylic acids is 3. The van der Waals surface area contributed by atoms with Gasteiger partial charge in [-0.2, -0.15) is 0 Å². The third-order valence-electron chi connectivity index (χ3n) is 6.12. The van der Waals surface area contributed by atoms with Crippen molar-refractivity contribution in [3.8, 4) is 0 Å². The summed E-state index contributed by atoms with van der Waals surface area (Å²) >= 11 is 1.50. The molecule has 0 spiro atoms. The number of nitrogens with one attached hydrogen (secondary N) is 1. The molecular formula is C27H28N2O4S. The van der Waals surface area contributed by atoms with Gasteiger partial charge in [-0.15, -0.1) is 11.3 Å². The molecule has 176 valence electrons. The van der Waals surface area contributed by atoms with Gasteiger partial charge in [0.25, 0.3) is 5.91 Å². The molecule has 4 rings (SSSR count). The van der Waals surface area contributed by atoms with Gasteiger partial charge in [0.05, 0.1) is 12.0 Å². The maximum Gasteiger partial charge on any atom is 0.312 e. The van der Waals surface area contributed by atoms with E-state index in [0.717, 1.165) is 39.4 Å². The number of benzene rings is 2. The topological polar surface area (TPSA) is 75.7 Å². The summed E-state index contributed by atoms with van der Waals surface area (Å²) in [5.41, 5.74) is 4.56. The molecule has 7 heteroatoms. The van der Waals surface area contributed by atoms with Crippen LogP contribution in [0.5, 0.6) is 0 Å². The summed E-state index contributed by atoms with van der Waals surface area (Å²) in [6.45, 7) is 5.53. The van der Waals surface area contributed by atoms with Crippen molar-refractivity contribution < 1.29 is 19.1 Å². The Balaban J connectivity index is 1.49. The van der Waals surface area contributed by atoms with Crippen LogP contribution in [0.25, 0.3) is 0 Å². The zero-order valence-corrected chi connectivity index (χ0v) is 20.4. The number of rotatable bonds is 7. The first-order chi connectivity index (χ1) is 16.4. The highest BCUT2D eigenvalue weighted by molar-refractivity contribution is 7.10. The lowest BCUT2D eigenvalue weighted by Gasteiger charge is -2.27. The van der Waals surface area contributed by atoms with Crippen LogP contribution in [0, 0.1) is 19.8 Å². The van der Waals surface area contributed by atoms with Crippen molar-refractivity contribution in [2.45, 2.75) is 39.7 Å². The maximum atomic E-state index is 13.1. The maximum absolute atomic E-state index is 13.1. The molecule has 2 amide bonds. The van der Waals surface area contributed by atoms with Gasteiger partial charge in [-0.1, -0.05) is 48.9 Å². The Labute approximate surface area is 203 Å². The fraction of sp³-hybridized carbons (Fsp3) is 0.296. The SMILES string of the molecule is CCc1cccc(C)c1NC(=O)COC(=O)C1CC(=O)N(c2ccc(C)cc2)C1c1cccs1. The van der Waals surface area contributed by atoms with Crippen LogP contribution in [0.15, 0.2) is 60.0 Å². The van der Waals surface area contributed by atoms with Gasteiger partial charge in [-0.3, -0.25) is 14.4 Å². The zero-order valence-electron chi connectivity index (χ0n) is 19.5. The number of hydrogen-bond donors (Lipinski definition) is 1. The molecule has 2 heterocycles. The Morgan fingerprint density at radius 1 is 1.09 bits per heavy atom. The number of anilines is 2. The molecule has 1 aliphatic heterocycles. The van der Waals surface area contributed by atoms with Crippen molar-refractivity contribution in [3.63, 3.8) is 0 Å². The number of ether oxygens (including phenoxy) is 1. The summed E-state index contributed by atoms with van der Waals surface area (Å²) in [5, 5.41) is 4.80. The van der Waals surface area contributed by atoms with E-state index < -0.39 is 30.4 Å². The second-order valence-corrected chi connectivity index (χ2v) is 9.47. The molecule has 0 bridgehead atoms. The largest absolute Gasteiger partial charge is 0.455 e. The molecule has 2 atom stereocenters. The molecule has 1 aliphatic rings. The molecule has 0 saturated carbocycles. The van der Waals surface area contributed by atoms with Crippen LogP contribution in [0.2, 0.25) is 0 Å². The molecule has 0 radical (unpaired) electrons. The van der Waals surface area contributed by atoms with Gasteiger partial charge < -0.3 is 15.0 Å². The Kier molecular flexibility index (Phi) is 7.12. The number of esters is 1. The second kappa shape index (κ2) is 10.2. The van der Waals surface area contributed by atoms with E-state index in [-0.39, 0.29) is 12.3 Å². The molecule has 6 nitrogen and oxygen atoms in total. The number of aryl methyl sites for hydroxylation is 3. The lowest BCUT2D eigenvalue weighted by Crippen LogP contribution is -2.31. The third kappa shape index (κ3) is 4.89. The van der Waals surface area contributed by atoms with Crippen molar-refractivity contribution in [2.24, 2.45) is 5.92 Å². The third-order valence-corrected chi connectivity index (χ3v) is 7.06. The summed E-state index contributed by atoms with van der Waals surface area (Å²) < 4.78 is 5.43. The highest BCUT2D eigenvalue weighted by atomic mass is 32.1.